The topological polar surface area (TPSA) is 108 Å². The molecular formula is C29H40ClN3O5. The van der Waals surface area contributed by atoms with Crippen LogP contribution in [0.15, 0.2) is 36.4 Å². The third-order valence-electron chi connectivity index (χ3n) is 6.08. The second kappa shape index (κ2) is 13.6. The molecule has 2 aromatic carbocycles. The van der Waals surface area contributed by atoms with Gasteiger partial charge in [-0.25, -0.2) is 4.79 Å². The maximum atomic E-state index is 13.9. The number of para-hydroxylation sites is 1. The van der Waals surface area contributed by atoms with Crippen LogP contribution in [0.25, 0.3) is 0 Å². The minimum Gasteiger partial charge on any atom is -0.444 e. The molecule has 2 unspecified atom stereocenters. The van der Waals surface area contributed by atoms with Crippen LogP contribution in [0.3, 0.4) is 0 Å². The molecule has 38 heavy (non-hydrogen) atoms. The lowest BCUT2D eigenvalue weighted by Crippen LogP contribution is -2.54. The van der Waals surface area contributed by atoms with Crippen LogP contribution < -0.4 is 10.6 Å². The molecule has 3 N–H and O–H groups in total. The van der Waals surface area contributed by atoms with Crippen LogP contribution in [0.5, 0.6) is 0 Å². The van der Waals surface area contributed by atoms with Crippen molar-refractivity contribution < 1.29 is 24.2 Å². The van der Waals surface area contributed by atoms with Crippen LogP contribution in [0.1, 0.15) is 68.8 Å². The molecule has 0 aliphatic heterocycles. The number of anilines is 1. The Bertz CT molecular complexity index is 1130. The SMILES string of the molecule is CCCCN(C(=O)C(CO)NC(=O)OC(C)(C)C)C(C(=O)Nc1c(C)cccc1Cl)c1ccc(C)c(C)c1. The van der Waals surface area contributed by atoms with Gasteiger partial charge in [0.25, 0.3) is 5.91 Å². The third-order valence-corrected chi connectivity index (χ3v) is 6.40. The molecule has 8 nitrogen and oxygen atoms in total. The molecule has 0 heterocycles. The average Bonchev–Trinajstić information content (AvgIpc) is 2.83. The van der Waals surface area contributed by atoms with Crippen molar-refractivity contribution in [3.63, 3.8) is 0 Å². The van der Waals surface area contributed by atoms with Gasteiger partial charge in [-0.15, -0.1) is 0 Å². The van der Waals surface area contributed by atoms with Gasteiger partial charge in [-0.05, 0) is 76.3 Å². The Balaban J connectivity index is 2.55. The molecule has 9 heteroatoms. The van der Waals surface area contributed by atoms with Crippen molar-refractivity contribution >= 4 is 35.2 Å². The summed E-state index contributed by atoms with van der Waals surface area (Å²) < 4.78 is 5.28. The second-order valence-corrected chi connectivity index (χ2v) is 10.8. The highest BCUT2D eigenvalue weighted by molar-refractivity contribution is 6.34. The fourth-order valence-corrected chi connectivity index (χ4v) is 4.19. The van der Waals surface area contributed by atoms with Crippen molar-refractivity contribution in [3.05, 3.63) is 63.7 Å². The molecule has 2 rings (SSSR count). The quantitative estimate of drug-likeness (QED) is 0.367. The standard InChI is InChI=1S/C29H40ClN3O5/c1-8-9-15-33(27(36)23(17-34)31-28(37)38-29(5,6)7)25(21-14-13-18(2)20(4)16-21)26(35)32-24-19(3)11-10-12-22(24)30/h10-14,16,23,25,34H,8-9,15,17H2,1-7H3,(H,31,37)(H,32,35). The van der Waals surface area contributed by atoms with Gasteiger partial charge in [0.2, 0.25) is 5.91 Å². The maximum absolute atomic E-state index is 13.9. The fraction of sp³-hybridized carbons (Fsp3) is 0.483. The second-order valence-electron chi connectivity index (χ2n) is 10.4. The number of carbonyl (C=O) groups is 3. The molecule has 0 saturated heterocycles. The summed E-state index contributed by atoms with van der Waals surface area (Å²) in [6.45, 7) is 12.4. The summed E-state index contributed by atoms with van der Waals surface area (Å²) in [6.07, 6.45) is 0.535. The highest BCUT2D eigenvalue weighted by atomic mass is 35.5. The van der Waals surface area contributed by atoms with Crippen LogP contribution in [0.2, 0.25) is 5.02 Å². The summed E-state index contributed by atoms with van der Waals surface area (Å²) in [5.41, 5.74) is 3.05. The van der Waals surface area contributed by atoms with Crippen molar-refractivity contribution in [2.24, 2.45) is 0 Å². The average molecular weight is 546 g/mol. The molecule has 0 aromatic heterocycles. The van der Waals surface area contributed by atoms with Crippen molar-refractivity contribution in [3.8, 4) is 0 Å². The number of aliphatic hydroxyl groups excluding tert-OH is 1. The van der Waals surface area contributed by atoms with E-state index in [1.54, 1.807) is 32.9 Å². The number of aryl methyl sites for hydroxylation is 3. The van der Waals surface area contributed by atoms with Crippen molar-refractivity contribution in [1.82, 2.24) is 10.2 Å². The van der Waals surface area contributed by atoms with Gasteiger partial charge in [0, 0.05) is 6.54 Å². The summed E-state index contributed by atoms with van der Waals surface area (Å²) in [5, 5.41) is 15.8. The lowest BCUT2D eigenvalue weighted by molar-refractivity contribution is -0.141. The van der Waals surface area contributed by atoms with E-state index in [0.29, 0.717) is 22.7 Å². The molecule has 2 aromatic rings. The number of aliphatic hydroxyl groups is 1. The van der Waals surface area contributed by atoms with Gasteiger partial charge in [-0.3, -0.25) is 9.59 Å². The first kappa shape index (κ1) is 31.1. The van der Waals surface area contributed by atoms with E-state index in [2.05, 4.69) is 10.6 Å². The number of benzene rings is 2. The number of rotatable bonds is 10. The zero-order chi connectivity index (χ0) is 28.6. The first-order chi connectivity index (χ1) is 17.8. The van der Waals surface area contributed by atoms with Crippen LogP contribution >= 0.6 is 11.6 Å². The molecule has 0 bridgehead atoms. The van der Waals surface area contributed by atoms with E-state index in [1.807, 2.05) is 52.0 Å². The lowest BCUT2D eigenvalue weighted by Gasteiger charge is -2.34. The Kier molecular flexibility index (Phi) is 11.2. The molecule has 0 spiro atoms. The van der Waals surface area contributed by atoms with E-state index in [4.69, 9.17) is 16.3 Å². The number of amides is 3. The maximum Gasteiger partial charge on any atom is 0.408 e. The van der Waals surface area contributed by atoms with Gasteiger partial charge in [0.1, 0.15) is 17.7 Å². The molecule has 0 aliphatic rings. The zero-order valence-corrected chi connectivity index (χ0v) is 24.1. The van der Waals surface area contributed by atoms with Crippen LogP contribution in [0.4, 0.5) is 10.5 Å². The summed E-state index contributed by atoms with van der Waals surface area (Å²) in [5.74, 6) is -1.05. The molecule has 3 amide bonds. The van der Waals surface area contributed by atoms with E-state index >= 15 is 0 Å². The smallest absolute Gasteiger partial charge is 0.408 e. The molecule has 208 valence electrons. The lowest BCUT2D eigenvalue weighted by atomic mass is 9.98. The van der Waals surface area contributed by atoms with Crippen LogP contribution in [-0.4, -0.2) is 52.7 Å². The van der Waals surface area contributed by atoms with Gasteiger partial charge in [-0.2, -0.15) is 0 Å². The number of halogens is 1. The predicted molar refractivity (Wildman–Crippen MR) is 150 cm³/mol. The van der Waals surface area contributed by atoms with Gasteiger partial charge in [-0.1, -0.05) is 55.3 Å². The minimum absolute atomic E-state index is 0.231. The first-order valence-electron chi connectivity index (χ1n) is 12.8. The monoisotopic (exact) mass is 545 g/mol. The predicted octanol–water partition coefficient (Wildman–Crippen LogP) is 5.46. The number of unbranched alkanes of at least 4 members (excludes halogenated alkanes) is 1. The van der Waals surface area contributed by atoms with Crippen LogP contribution in [-0.2, 0) is 14.3 Å². The molecule has 0 radical (unpaired) electrons. The summed E-state index contributed by atoms with van der Waals surface area (Å²) in [7, 11) is 0. The Morgan fingerprint density at radius 1 is 1.05 bits per heavy atom. The molecule has 0 fully saturated rings. The number of nitrogens with one attached hydrogen (secondary N) is 2. The molecule has 2 atom stereocenters. The summed E-state index contributed by atoms with van der Waals surface area (Å²) in [4.78, 5) is 41.6. The third kappa shape index (κ3) is 8.46. The Hall–Kier alpha value is -3.10. The van der Waals surface area contributed by atoms with Crippen molar-refractivity contribution in [2.45, 2.75) is 79.0 Å². The van der Waals surface area contributed by atoms with Gasteiger partial charge in [0.15, 0.2) is 0 Å². The van der Waals surface area contributed by atoms with E-state index in [1.165, 1.54) is 4.90 Å². The van der Waals surface area contributed by atoms with Gasteiger partial charge >= 0.3 is 6.09 Å². The van der Waals surface area contributed by atoms with Gasteiger partial charge < -0.3 is 25.4 Å². The number of carbonyl (C=O) groups excluding carboxylic acids is 3. The Morgan fingerprint density at radius 2 is 1.74 bits per heavy atom. The number of ether oxygens (including phenoxy) is 1. The Morgan fingerprint density at radius 3 is 2.29 bits per heavy atom. The minimum atomic E-state index is -1.30. The van der Waals surface area contributed by atoms with Gasteiger partial charge in [0.05, 0.1) is 17.3 Å². The normalized spacial score (nSPS) is 12.9. The van der Waals surface area contributed by atoms with E-state index in [-0.39, 0.29) is 6.54 Å². The number of hydrogen-bond acceptors (Lipinski definition) is 5. The first-order valence-corrected chi connectivity index (χ1v) is 13.2. The molecular weight excluding hydrogens is 506 g/mol. The van der Waals surface area contributed by atoms with E-state index in [0.717, 1.165) is 23.1 Å². The molecule has 0 saturated carbocycles. The number of hydrogen-bond donors (Lipinski definition) is 3. The summed E-state index contributed by atoms with van der Waals surface area (Å²) in [6, 6.07) is 8.55. The van der Waals surface area contributed by atoms with Crippen LogP contribution in [0, 0.1) is 20.8 Å². The number of nitrogens with zero attached hydrogens (tertiary/aromatic N) is 1. The Labute approximate surface area is 230 Å². The van der Waals surface area contributed by atoms with Crippen molar-refractivity contribution in [2.75, 3.05) is 18.5 Å². The highest BCUT2D eigenvalue weighted by Gasteiger charge is 2.36. The fourth-order valence-electron chi connectivity index (χ4n) is 3.92. The van der Waals surface area contributed by atoms with E-state index < -0.39 is 42.2 Å². The summed E-state index contributed by atoms with van der Waals surface area (Å²) >= 11 is 6.39. The highest BCUT2D eigenvalue weighted by Crippen LogP contribution is 2.30. The largest absolute Gasteiger partial charge is 0.444 e. The number of alkyl carbamates (subject to hydrolysis) is 1. The molecule has 0 aliphatic carbocycles. The van der Waals surface area contributed by atoms with E-state index in [9.17, 15) is 19.5 Å². The van der Waals surface area contributed by atoms with Crippen molar-refractivity contribution in [1.29, 1.82) is 0 Å². The zero-order valence-electron chi connectivity index (χ0n) is 23.4.